The summed E-state index contributed by atoms with van der Waals surface area (Å²) in [6, 6.07) is 10.8. The molecule has 0 aliphatic rings. The van der Waals surface area contributed by atoms with Crippen LogP contribution in [0.2, 0.25) is 0 Å². The summed E-state index contributed by atoms with van der Waals surface area (Å²) in [5, 5.41) is 8.85. The molecule has 5 nitrogen and oxygen atoms in total. The summed E-state index contributed by atoms with van der Waals surface area (Å²) in [7, 11) is 1.62. The number of aromatic nitrogens is 1. The molecule has 0 aliphatic heterocycles. The van der Waals surface area contributed by atoms with Crippen molar-refractivity contribution in [3.63, 3.8) is 0 Å². The molecule has 0 aliphatic carbocycles. The van der Waals surface area contributed by atoms with Gasteiger partial charge in [-0.15, -0.1) is 0 Å². The molecule has 0 saturated heterocycles. The molecule has 0 unspecified atom stereocenters. The first-order chi connectivity index (χ1) is 9.69. The van der Waals surface area contributed by atoms with Crippen molar-refractivity contribution >= 4 is 5.97 Å². The number of carboxylic acids is 1. The van der Waals surface area contributed by atoms with Crippen LogP contribution in [0.25, 0.3) is 0 Å². The summed E-state index contributed by atoms with van der Waals surface area (Å²) in [6.07, 6.45) is 1.47. The highest BCUT2D eigenvalue weighted by Crippen LogP contribution is 2.14. The van der Waals surface area contributed by atoms with Gasteiger partial charge in [-0.1, -0.05) is 12.1 Å². The number of methoxy groups -OCH3 is 1. The average molecular weight is 273 g/mol. The molecule has 20 heavy (non-hydrogen) atoms. The van der Waals surface area contributed by atoms with Gasteiger partial charge in [-0.2, -0.15) is 0 Å². The van der Waals surface area contributed by atoms with E-state index >= 15 is 0 Å². The van der Waals surface area contributed by atoms with Gasteiger partial charge in [0, 0.05) is 6.20 Å². The van der Waals surface area contributed by atoms with E-state index in [2.05, 4.69) is 4.98 Å². The molecule has 2 rings (SSSR count). The van der Waals surface area contributed by atoms with Gasteiger partial charge in [0.1, 0.15) is 11.4 Å². The number of hydrogen-bond donors (Lipinski definition) is 1. The molecule has 0 bridgehead atoms. The molecule has 0 spiro atoms. The van der Waals surface area contributed by atoms with E-state index in [-0.39, 0.29) is 5.69 Å². The van der Waals surface area contributed by atoms with Crippen LogP contribution in [-0.4, -0.2) is 23.2 Å². The van der Waals surface area contributed by atoms with Crippen LogP contribution in [0.4, 0.5) is 0 Å². The van der Waals surface area contributed by atoms with E-state index in [0.29, 0.717) is 13.2 Å². The van der Waals surface area contributed by atoms with Crippen molar-refractivity contribution < 1.29 is 19.4 Å². The van der Waals surface area contributed by atoms with Crippen LogP contribution < -0.4 is 4.74 Å². The summed E-state index contributed by atoms with van der Waals surface area (Å²) in [6.45, 7) is 0.766. The Labute approximate surface area is 116 Å². The van der Waals surface area contributed by atoms with Crippen molar-refractivity contribution in [2.24, 2.45) is 0 Å². The lowest BCUT2D eigenvalue weighted by Gasteiger charge is -2.06. The predicted molar refractivity (Wildman–Crippen MR) is 72.7 cm³/mol. The quantitative estimate of drug-likeness (QED) is 0.875. The maximum Gasteiger partial charge on any atom is 0.354 e. The van der Waals surface area contributed by atoms with Crippen LogP contribution in [0.3, 0.4) is 0 Å². The van der Waals surface area contributed by atoms with Crippen molar-refractivity contribution in [2.75, 3.05) is 7.11 Å². The highest BCUT2D eigenvalue weighted by Gasteiger charge is 2.05. The standard InChI is InChI=1S/C15H15NO4/c1-19-13-4-2-3-11(7-13)9-20-10-12-5-6-16-14(8-12)15(17)18/h2-8H,9-10H2,1H3,(H,17,18). The van der Waals surface area contributed by atoms with Crippen LogP contribution in [0.5, 0.6) is 5.75 Å². The van der Waals surface area contributed by atoms with E-state index in [0.717, 1.165) is 16.9 Å². The first kappa shape index (κ1) is 14.0. The topological polar surface area (TPSA) is 68.7 Å². The third-order valence-corrected chi connectivity index (χ3v) is 2.72. The molecule has 0 atom stereocenters. The van der Waals surface area contributed by atoms with Crippen LogP contribution in [0.15, 0.2) is 42.6 Å². The molecule has 104 valence electrons. The average Bonchev–Trinajstić information content (AvgIpc) is 2.48. The Morgan fingerprint density at radius 3 is 2.65 bits per heavy atom. The van der Waals surface area contributed by atoms with Crippen LogP contribution in [-0.2, 0) is 18.0 Å². The Bertz CT molecular complexity index is 598. The van der Waals surface area contributed by atoms with Gasteiger partial charge in [-0.05, 0) is 35.4 Å². The number of hydrogen-bond acceptors (Lipinski definition) is 4. The van der Waals surface area contributed by atoms with E-state index in [9.17, 15) is 4.79 Å². The van der Waals surface area contributed by atoms with Crippen molar-refractivity contribution in [3.8, 4) is 5.75 Å². The second kappa shape index (κ2) is 6.68. The third kappa shape index (κ3) is 3.80. The van der Waals surface area contributed by atoms with E-state index in [1.165, 1.54) is 12.3 Å². The molecule has 1 aromatic heterocycles. The minimum Gasteiger partial charge on any atom is -0.497 e. The molecule has 5 heteroatoms. The molecular weight excluding hydrogens is 258 g/mol. The molecule has 2 aromatic rings. The Morgan fingerprint density at radius 1 is 1.20 bits per heavy atom. The van der Waals surface area contributed by atoms with Gasteiger partial charge in [0.15, 0.2) is 0 Å². The lowest BCUT2D eigenvalue weighted by Crippen LogP contribution is -2.02. The normalized spacial score (nSPS) is 10.2. The number of pyridine rings is 1. The summed E-state index contributed by atoms with van der Waals surface area (Å²) >= 11 is 0. The Balaban J connectivity index is 1.92. The Kier molecular flexibility index (Phi) is 4.68. The van der Waals surface area contributed by atoms with Crippen LogP contribution >= 0.6 is 0 Å². The summed E-state index contributed by atoms with van der Waals surface area (Å²) in [5.41, 5.74) is 1.80. The smallest absolute Gasteiger partial charge is 0.354 e. The fourth-order valence-electron chi connectivity index (χ4n) is 1.73. The first-order valence-electron chi connectivity index (χ1n) is 6.08. The molecule has 0 amide bonds. The fraction of sp³-hybridized carbons (Fsp3) is 0.200. The number of rotatable bonds is 6. The van der Waals surface area contributed by atoms with Crippen molar-refractivity contribution in [1.82, 2.24) is 4.98 Å². The third-order valence-electron chi connectivity index (χ3n) is 2.72. The molecule has 1 heterocycles. The second-order valence-corrected chi connectivity index (χ2v) is 4.20. The highest BCUT2D eigenvalue weighted by molar-refractivity contribution is 5.85. The summed E-state index contributed by atoms with van der Waals surface area (Å²) in [5.74, 6) is -0.261. The molecule has 1 N–H and O–H groups in total. The molecule has 1 aromatic carbocycles. The maximum absolute atomic E-state index is 10.8. The Morgan fingerprint density at radius 2 is 1.95 bits per heavy atom. The number of carboxylic acid groups (broad SMARTS) is 1. The monoisotopic (exact) mass is 273 g/mol. The number of nitrogens with zero attached hydrogens (tertiary/aromatic N) is 1. The van der Waals surface area contributed by atoms with E-state index in [1.54, 1.807) is 13.2 Å². The van der Waals surface area contributed by atoms with Crippen LogP contribution in [0.1, 0.15) is 21.6 Å². The largest absolute Gasteiger partial charge is 0.497 e. The highest BCUT2D eigenvalue weighted by atomic mass is 16.5. The molecule has 0 radical (unpaired) electrons. The molecule has 0 fully saturated rings. The minimum atomic E-state index is -1.04. The molecular formula is C15H15NO4. The summed E-state index contributed by atoms with van der Waals surface area (Å²) < 4.78 is 10.7. The van der Waals surface area contributed by atoms with Gasteiger partial charge in [-0.25, -0.2) is 9.78 Å². The van der Waals surface area contributed by atoms with Gasteiger partial charge in [-0.3, -0.25) is 0 Å². The van der Waals surface area contributed by atoms with Crippen LogP contribution in [0, 0.1) is 0 Å². The maximum atomic E-state index is 10.8. The minimum absolute atomic E-state index is 0.0208. The Hall–Kier alpha value is -2.40. The second-order valence-electron chi connectivity index (χ2n) is 4.20. The van der Waals surface area contributed by atoms with Crippen molar-refractivity contribution in [2.45, 2.75) is 13.2 Å². The SMILES string of the molecule is COc1cccc(COCc2ccnc(C(=O)O)c2)c1. The molecule has 0 saturated carbocycles. The van der Waals surface area contributed by atoms with Crippen molar-refractivity contribution in [1.29, 1.82) is 0 Å². The summed E-state index contributed by atoms with van der Waals surface area (Å²) in [4.78, 5) is 14.6. The number of benzene rings is 1. The van der Waals surface area contributed by atoms with Gasteiger partial charge in [0.05, 0.1) is 20.3 Å². The van der Waals surface area contributed by atoms with E-state index in [4.69, 9.17) is 14.6 Å². The zero-order valence-electron chi connectivity index (χ0n) is 11.1. The number of aromatic carboxylic acids is 1. The number of carbonyl (C=O) groups is 1. The van der Waals surface area contributed by atoms with Gasteiger partial charge < -0.3 is 14.6 Å². The zero-order valence-corrected chi connectivity index (χ0v) is 11.1. The number of ether oxygens (including phenoxy) is 2. The fourth-order valence-corrected chi connectivity index (χ4v) is 1.73. The van der Waals surface area contributed by atoms with Gasteiger partial charge >= 0.3 is 5.97 Å². The van der Waals surface area contributed by atoms with Gasteiger partial charge in [0.2, 0.25) is 0 Å². The lowest BCUT2D eigenvalue weighted by atomic mass is 10.2. The predicted octanol–water partition coefficient (Wildman–Crippen LogP) is 2.51. The van der Waals surface area contributed by atoms with Crippen molar-refractivity contribution in [3.05, 3.63) is 59.4 Å². The zero-order chi connectivity index (χ0) is 14.4. The van der Waals surface area contributed by atoms with Gasteiger partial charge in [0.25, 0.3) is 0 Å². The van der Waals surface area contributed by atoms with E-state index < -0.39 is 5.97 Å². The lowest BCUT2D eigenvalue weighted by molar-refractivity contribution is 0.0689. The van der Waals surface area contributed by atoms with E-state index in [1.807, 2.05) is 24.3 Å². The first-order valence-corrected chi connectivity index (χ1v) is 6.08.